The summed E-state index contributed by atoms with van der Waals surface area (Å²) in [7, 11) is 1.60. The van der Waals surface area contributed by atoms with Crippen molar-refractivity contribution < 1.29 is 23.8 Å². The Morgan fingerprint density at radius 1 is 1.11 bits per heavy atom. The first-order chi connectivity index (χ1) is 13.4. The minimum absolute atomic E-state index is 0.281. The highest BCUT2D eigenvalue weighted by atomic mass is 35.5. The predicted molar refractivity (Wildman–Crippen MR) is 107 cm³/mol. The van der Waals surface area contributed by atoms with Crippen LogP contribution < -0.4 is 14.8 Å². The summed E-state index contributed by atoms with van der Waals surface area (Å²) in [6, 6.07) is 12.2. The molecule has 0 spiro atoms. The van der Waals surface area contributed by atoms with Gasteiger partial charge in [0.05, 0.1) is 12.1 Å². The Balaban J connectivity index is 1.69. The number of halogens is 2. The third-order valence-corrected chi connectivity index (χ3v) is 4.30. The molecule has 150 valence electrons. The van der Waals surface area contributed by atoms with Gasteiger partial charge in [-0.25, -0.2) is 4.79 Å². The standard InChI is InChI=1S/C20H21Cl2NO5/c1-13(28-18-8-5-15(21)11-17(18)22)20(25)27-12-19(24)23-10-9-14-3-6-16(26-2)7-4-14/h3-8,11,13H,9-10,12H2,1-2H3,(H,23,24). The van der Waals surface area contributed by atoms with E-state index in [9.17, 15) is 9.59 Å². The van der Waals surface area contributed by atoms with E-state index in [0.29, 0.717) is 23.7 Å². The number of hydrogen-bond donors (Lipinski definition) is 1. The third kappa shape index (κ3) is 6.94. The molecule has 0 heterocycles. The largest absolute Gasteiger partial charge is 0.497 e. The Labute approximate surface area is 173 Å². The molecule has 0 saturated heterocycles. The molecule has 0 aliphatic carbocycles. The van der Waals surface area contributed by atoms with Crippen molar-refractivity contribution in [3.8, 4) is 11.5 Å². The Morgan fingerprint density at radius 3 is 2.46 bits per heavy atom. The second-order valence-electron chi connectivity index (χ2n) is 5.89. The highest BCUT2D eigenvalue weighted by Gasteiger charge is 2.19. The minimum atomic E-state index is -0.925. The van der Waals surface area contributed by atoms with Crippen molar-refractivity contribution in [1.82, 2.24) is 5.32 Å². The molecule has 0 bridgehead atoms. The third-order valence-electron chi connectivity index (χ3n) is 3.77. The molecule has 0 aliphatic heterocycles. The van der Waals surface area contributed by atoms with Crippen LogP contribution in [-0.4, -0.2) is 38.2 Å². The molecule has 1 N–H and O–H groups in total. The molecule has 0 aliphatic rings. The fourth-order valence-corrected chi connectivity index (χ4v) is 2.71. The van der Waals surface area contributed by atoms with Crippen molar-refractivity contribution in [3.63, 3.8) is 0 Å². The van der Waals surface area contributed by atoms with Crippen molar-refractivity contribution in [1.29, 1.82) is 0 Å². The molecule has 1 atom stereocenters. The molecule has 8 heteroatoms. The van der Waals surface area contributed by atoms with Crippen molar-refractivity contribution in [3.05, 3.63) is 58.1 Å². The van der Waals surface area contributed by atoms with Crippen LogP contribution in [0.1, 0.15) is 12.5 Å². The second kappa shape index (κ2) is 10.8. The number of esters is 1. The number of carbonyl (C=O) groups is 2. The van der Waals surface area contributed by atoms with Crippen LogP contribution in [0.4, 0.5) is 0 Å². The maximum atomic E-state index is 12.0. The quantitative estimate of drug-likeness (QED) is 0.620. The van der Waals surface area contributed by atoms with E-state index >= 15 is 0 Å². The lowest BCUT2D eigenvalue weighted by molar-refractivity contribution is -0.154. The molecule has 1 amide bonds. The smallest absolute Gasteiger partial charge is 0.347 e. The highest BCUT2D eigenvalue weighted by Crippen LogP contribution is 2.28. The van der Waals surface area contributed by atoms with Gasteiger partial charge in [0, 0.05) is 11.6 Å². The van der Waals surface area contributed by atoms with Gasteiger partial charge in [-0.15, -0.1) is 0 Å². The lowest BCUT2D eigenvalue weighted by atomic mass is 10.1. The Hall–Kier alpha value is -2.44. The van der Waals surface area contributed by atoms with E-state index in [1.165, 1.54) is 13.0 Å². The molecule has 1 unspecified atom stereocenters. The fourth-order valence-electron chi connectivity index (χ4n) is 2.25. The van der Waals surface area contributed by atoms with Crippen LogP contribution in [0, 0.1) is 0 Å². The molecule has 0 saturated carbocycles. The number of hydrogen-bond acceptors (Lipinski definition) is 5. The summed E-state index contributed by atoms with van der Waals surface area (Å²) in [5.41, 5.74) is 1.06. The zero-order valence-electron chi connectivity index (χ0n) is 15.5. The van der Waals surface area contributed by atoms with Gasteiger partial charge >= 0.3 is 5.97 Å². The SMILES string of the molecule is COc1ccc(CCNC(=O)COC(=O)C(C)Oc2ccc(Cl)cc2Cl)cc1. The average molecular weight is 426 g/mol. The fraction of sp³-hybridized carbons (Fsp3) is 0.300. The van der Waals surface area contributed by atoms with Gasteiger partial charge in [-0.3, -0.25) is 4.79 Å². The summed E-state index contributed by atoms with van der Waals surface area (Å²) in [4.78, 5) is 23.8. The zero-order valence-corrected chi connectivity index (χ0v) is 17.0. The van der Waals surface area contributed by atoms with Gasteiger partial charge in [-0.05, 0) is 49.2 Å². The number of methoxy groups -OCH3 is 1. The maximum absolute atomic E-state index is 12.0. The van der Waals surface area contributed by atoms with Gasteiger partial charge in [0.2, 0.25) is 0 Å². The summed E-state index contributed by atoms with van der Waals surface area (Å²) in [6.07, 6.45) is -0.274. The van der Waals surface area contributed by atoms with Crippen LogP contribution in [0.25, 0.3) is 0 Å². The molecule has 0 fully saturated rings. The lowest BCUT2D eigenvalue weighted by Crippen LogP contribution is -2.33. The van der Waals surface area contributed by atoms with Crippen molar-refractivity contribution in [2.45, 2.75) is 19.4 Å². The minimum Gasteiger partial charge on any atom is -0.497 e. The Bertz CT molecular complexity index is 811. The van der Waals surface area contributed by atoms with E-state index in [-0.39, 0.29) is 11.6 Å². The average Bonchev–Trinajstić information content (AvgIpc) is 2.68. The molecule has 28 heavy (non-hydrogen) atoms. The lowest BCUT2D eigenvalue weighted by Gasteiger charge is -2.15. The van der Waals surface area contributed by atoms with Crippen molar-refractivity contribution in [2.75, 3.05) is 20.3 Å². The first-order valence-corrected chi connectivity index (χ1v) is 9.32. The van der Waals surface area contributed by atoms with E-state index in [1.54, 1.807) is 19.2 Å². The number of nitrogens with one attached hydrogen (secondary N) is 1. The summed E-state index contributed by atoms with van der Waals surface area (Å²) in [5.74, 6) is 0.0188. The topological polar surface area (TPSA) is 73.9 Å². The van der Waals surface area contributed by atoms with E-state index in [2.05, 4.69) is 5.32 Å². The van der Waals surface area contributed by atoms with Gasteiger partial charge in [-0.2, -0.15) is 0 Å². The van der Waals surface area contributed by atoms with Gasteiger partial charge in [0.1, 0.15) is 11.5 Å². The predicted octanol–water partition coefficient (Wildman–Crippen LogP) is 3.67. The monoisotopic (exact) mass is 425 g/mol. The molecular formula is C20H21Cl2NO5. The zero-order chi connectivity index (χ0) is 20.5. The van der Waals surface area contributed by atoms with Crippen LogP contribution >= 0.6 is 23.2 Å². The molecule has 0 radical (unpaired) electrons. The molecule has 6 nitrogen and oxygen atoms in total. The second-order valence-corrected chi connectivity index (χ2v) is 6.73. The maximum Gasteiger partial charge on any atom is 0.347 e. The van der Waals surface area contributed by atoms with Gasteiger partial charge in [0.15, 0.2) is 12.7 Å². The molecule has 2 aromatic rings. The number of ether oxygens (including phenoxy) is 3. The summed E-state index contributed by atoms with van der Waals surface area (Å²) in [5, 5.41) is 3.43. The summed E-state index contributed by atoms with van der Waals surface area (Å²) in [6.45, 7) is 1.55. The highest BCUT2D eigenvalue weighted by molar-refractivity contribution is 6.35. The van der Waals surface area contributed by atoms with Crippen LogP contribution in [0.5, 0.6) is 11.5 Å². The molecular weight excluding hydrogens is 405 g/mol. The van der Waals surface area contributed by atoms with Crippen molar-refractivity contribution in [2.24, 2.45) is 0 Å². The Morgan fingerprint density at radius 2 is 1.82 bits per heavy atom. The first kappa shape index (κ1) is 21.9. The number of carbonyl (C=O) groups excluding carboxylic acids is 2. The van der Waals surface area contributed by atoms with Crippen LogP contribution in [0.2, 0.25) is 10.0 Å². The van der Waals surface area contributed by atoms with Crippen LogP contribution in [0.3, 0.4) is 0 Å². The van der Waals surface area contributed by atoms with E-state index in [4.69, 9.17) is 37.4 Å². The van der Waals surface area contributed by atoms with Gasteiger partial charge < -0.3 is 19.5 Å². The molecule has 2 rings (SSSR count). The number of rotatable bonds is 9. The van der Waals surface area contributed by atoms with Gasteiger partial charge in [0.25, 0.3) is 5.91 Å². The van der Waals surface area contributed by atoms with Crippen molar-refractivity contribution >= 4 is 35.1 Å². The van der Waals surface area contributed by atoms with E-state index in [1.807, 2.05) is 24.3 Å². The van der Waals surface area contributed by atoms with Gasteiger partial charge in [-0.1, -0.05) is 35.3 Å². The van der Waals surface area contributed by atoms with Crippen LogP contribution in [-0.2, 0) is 20.7 Å². The number of amides is 1. The summed E-state index contributed by atoms with van der Waals surface area (Å²) >= 11 is 11.8. The Kier molecular flexibility index (Phi) is 8.42. The van der Waals surface area contributed by atoms with E-state index in [0.717, 1.165) is 11.3 Å². The van der Waals surface area contributed by atoms with E-state index < -0.39 is 18.0 Å². The normalized spacial score (nSPS) is 11.4. The first-order valence-electron chi connectivity index (χ1n) is 8.57. The number of benzene rings is 2. The van der Waals surface area contributed by atoms with Crippen LogP contribution in [0.15, 0.2) is 42.5 Å². The molecule has 0 aromatic heterocycles. The molecule has 2 aromatic carbocycles. The summed E-state index contributed by atoms with van der Waals surface area (Å²) < 4.78 is 15.5.